The largest absolute Gasteiger partial charge is 0.465 e. The van der Waals surface area contributed by atoms with Crippen LogP contribution in [0.5, 0.6) is 0 Å². The minimum Gasteiger partial charge on any atom is -0.465 e. The van der Waals surface area contributed by atoms with Gasteiger partial charge in [0.25, 0.3) is 0 Å². The summed E-state index contributed by atoms with van der Waals surface area (Å²) in [6.07, 6.45) is 5.48. The van der Waals surface area contributed by atoms with Gasteiger partial charge >= 0.3 is 0 Å². The molecule has 2 N–H and O–H groups in total. The lowest BCUT2D eigenvalue weighted by Gasteiger charge is -2.32. The van der Waals surface area contributed by atoms with Gasteiger partial charge < -0.3 is 24.7 Å². The summed E-state index contributed by atoms with van der Waals surface area (Å²) in [5.41, 5.74) is 0. The van der Waals surface area contributed by atoms with Gasteiger partial charge in [-0.25, -0.2) is 0 Å². The minimum absolute atomic E-state index is 0. The number of guanidine groups is 1. The van der Waals surface area contributed by atoms with Crippen LogP contribution in [0.3, 0.4) is 0 Å². The number of halogens is 1. The molecule has 4 rings (SSSR count). The number of carbonyl (C=O) groups excluding carboxylic acids is 1. The predicted octanol–water partition coefficient (Wildman–Crippen LogP) is 2.93. The molecule has 0 aromatic carbocycles. The number of carbonyl (C=O) groups is 1. The zero-order valence-electron chi connectivity index (χ0n) is 20.1. The van der Waals surface area contributed by atoms with Gasteiger partial charge in [-0.05, 0) is 45.2 Å². The van der Waals surface area contributed by atoms with Crippen LogP contribution in [0.25, 0.3) is 0 Å². The molecule has 186 valence electrons. The van der Waals surface area contributed by atoms with E-state index in [1.165, 1.54) is 12.8 Å². The van der Waals surface area contributed by atoms with E-state index in [9.17, 15) is 4.79 Å². The fourth-order valence-corrected chi connectivity index (χ4v) is 5.11. The molecule has 3 aliphatic rings. The minimum atomic E-state index is 0. The second-order valence-corrected chi connectivity index (χ2v) is 9.23. The van der Waals surface area contributed by atoms with Crippen LogP contribution in [0.2, 0.25) is 0 Å². The van der Waals surface area contributed by atoms with Crippen LogP contribution in [0.15, 0.2) is 21.5 Å². The molecule has 0 radical (unpaired) electrons. The first-order valence-electron chi connectivity index (χ1n) is 12.4. The highest BCUT2D eigenvalue weighted by atomic mass is 127. The van der Waals surface area contributed by atoms with E-state index >= 15 is 0 Å². The lowest BCUT2D eigenvalue weighted by atomic mass is 10.1. The van der Waals surface area contributed by atoms with Crippen molar-refractivity contribution in [1.29, 1.82) is 0 Å². The SMILES string of the molecule is CCNC(=NCC(c1ccc(C)o1)N1CCOCC1)NC1CCN(C(=O)C2CCCC2)C1.I. The quantitative estimate of drug-likeness (QED) is 0.297. The number of hydrogen-bond donors (Lipinski definition) is 2. The van der Waals surface area contributed by atoms with Gasteiger partial charge in [-0.2, -0.15) is 0 Å². The predicted molar refractivity (Wildman–Crippen MR) is 140 cm³/mol. The fraction of sp³-hybridized carbons (Fsp3) is 0.750. The van der Waals surface area contributed by atoms with Gasteiger partial charge in [0.1, 0.15) is 11.5 Å². The highest BCUT2D eigenvalue weighted by Gasteiger charge is 2.32. The van der Waals surface area contributed by atoms with Crippen LogP contribution in [-0.4, -0.2) is 80.2 Å². The monoisotopic (exact) mass is 573 g/mol. The number of rotatable bonds is 7. The molecule has 2 saturated heterocycles. The van der Waals surface area contributed by atoms with Crippen molar-refractivity contribution in [3.63, 3.8) is 0 Å². The van der Waals surface area contributed by atoms with Gasteiger partial charge in [0.05, 0.1) is 25.8 Å². The van der Waals surface area contributed by atoms with Crippen LogP contribution in [-0.2, 0) is 9.53 Å². The number of amides is 1. The van der Waals surface area contributed by atoms with E-state index in [1.807, 2.05) is 13.0 Å². The van der Waals surface area contributed by atoms with Gasteiger partial charge in [-0.15, -0.1) is 24.0 Å². The highest BCUT2D eigenvalue weighted by molar-refractivity contribution is 14.0. The number of nitrogens with one attached hydrogen (secondary N) is 2. The lowest BCUT2D eigenvalue weighted by Crippen LogP contribution is -2.46. The Bertz CT molecular complexity index is 774. The van der Waals surface area contributed by atoms with Crippen LogP contribution in [0, 0.1) is 12.8 Å². The van der Waals surface area contributed by atoms with Crippen LogP contribution < -0.4 is 10.6 Å². The van der Waals surface area contributed by atoms with E-state index < -0.39 is 0 Å². The molecule has 9 heteroatoms. The molecule has 33 heavy (non-hydrogen) atoms. The number of ether oxygens (including phenoxy) is 1. The van der Waals surface area contributed by atoms with Crippen molar-refractivity contribution in [2.45, 2.75) is 58.0 Å². The Morgan fingerprint density at radius 1 is 1.18 bits per heavy atom. The Balaban J connectivity index is 0.00000306. The Hall–Kier alpha value is -1.33. The molecule has 0 bridgehead atoms. The molecule has 1 amide bonds. The topological polar surface area (TPSA) is 82.3 Å². The van der Waals surface area contributed by atoms with Crippen molar-refractivity contribution >= 4 is 35.8 Å². The van der Waals surface area contributed by atoms with E-state index in [-0.39, 0.29) is 42.0 Å². The van der Waals surface area contributed by atoms with Crippen LogP contribution >= 0.6 is 24.0 Å². The number of hydrogen-bond acceptors (Lipinski definition) is 5. The second-order valence-electron chi connectivity index (χ2n) is 9.23. The van der Waals surface area contributed by atoms with Gasteiger partial charge in [0, 0.05) is 44.7 Å². The molecule has 2 atom stereocenters. The van der Waals surface area contributed by atoms with Gasteiger partial charge in [-0.3, -0.25) is 14.7 Å². The summed E-state index contributed by atoms with van der Waals surface area (Å²) >= 11 is 0. The molecular formula is C24H40IN5O3. The summed E-state index contributed by atoms with van der Waals surface area (Å²) < 4.78 is 11.5. The highest BCUT2D eigenvalue weighted by Crippen LogP contribution is 2.28. The second kappa shape index (κ2) is 12.9. The van der Waals surface area contributed by atoms with Crippen molar-refractivity contribution in [2.24, 2.45) is 10.9 Å². The van der Waals surface area contributed by atoms with E-state index in [4.69, 9.17) is 14.1 Å². The Morgan fingerprint density at radius 2 is 1.94 bits per heavy atom. The van der Waals surface area contributed by atoms with E-state index in [1.54, 1.807) is 0 Å². The van der Waals surface area contributed by atoms with Crippen molar-refractivity contribution in [2.75, 3.05) is 52.5 Å². The molecule has 0 spiro atoms. The summed E-state index contributed by atoms with van der Waals surface area (Å²) in [4.78, 5) is 22.2. The number of nitrogens with zero attached hydrogens (tertiary/aromatic N) is 3. The van der Waals surface area contributed by atoms with Gasteiger partial charge in [0.2, 0.25) is 5.91 Å². The molecule has 2 unspecified atom stereocenters. The summed E-state index contributed by atoms with van der Waals surface area (Å²) in [5, 5.41) is 6.96. The van der Waals surface area contributed by atoms with E-state index in [0.717, 1.165) is 82.7 Å². The first kappa shape index (κ1) is 26.3. The fourth-order valence-electron chi connectivity index (χ4n) is 5.11. The third-order valence-electron chi connectivity index (χ3n) is 6.89. The molecule has 8 nitrogen and oxygen atoms in total. The molecule has 3 heterocycles. The zero-order chi connectivity index (χ0) is 22.3. The number of furan rings is 1. The molecule has 1 aromatic heterocycles. The normalized spacial score (nSPS) is 23.4. The van der Waals surface area contributed by atoms with E-state index in [0.29, 0.717) is 12.5 Å². The molecule has 1 saturated carbocycles. The lowest BCUT2D eigenvalue weighted by molar-refractivity contribution is -0.134. The Kier molecular flexibility index (Phi) is 10.3. The average Bonchev–Trinajstić information content (AvgIpc) is 3.57. The summed E-state index contributed by atoms with van der Waals surface area (Å²) in [7, 11) is 0. The standard InChI is InChI=1S/C24H39N5O3.HI/c1-3-25-24(27-20-10-11-29(17-20)23(30)19-6-4-5-7-19)26-16-21(22-9-8-18(2)32-22)28-12-14-31-15-13-28;/h8-9,19-21H,3-7,10-17H2,1-2H3,(H2,25,26,27);1H. The third kappa shape index (κ3) is 7.08. The maximum atomic E-state index is 12.8. The molecule has 1 aliphatic carbocycles. The van der Waals surface area contributed by atoms with Gasteiger partial charge in [0.15, 0.2) is 5.96 Å². The summed E-state index contributed by atoms with van der Waals surface area (Å²) in [6.45, 7) is 10.3. The summed E-state index contributed by atoms with van der Waals surface area (Å²) in [6, 6.07) is 4.41. The molecule has 2 aliphatic heterocycles. The number of morpholine rings is 1. The maximum Gasteiger partial charge on any atom is 0.225 e. The van der Waals surface area contributed by atoms with Crippen molar-refractivity contribution in [3.8, 4) is 0 Å². The summed E-state index contributed by atoms with van der Waals surface area (Å²) in [5.74, 6) is 3.30. The smallest absolute Gasteiger partial charge is 0.225 e. The van der Waals surface area contributed by atoms with Crippen molar-refractivity contribution in [3.05, 3.63) is 23.7 Å². The number of aryl methyl sites for hydroxylation is 1. The zero-order valence-corrected chi connectivity index (χ0v) is 22.4. The first-order chi connectivity index (χ1) is 15.6. The average molecular weight is 574 g/mol. The Labute approximate surface area is 214 Å². The Morgan fingerprint density at radius 3 is 2.61 bits per heavy atom. The number of likely N-dealkylation sites (tertiary alicyclic amines) is 1. The van der Waals surface area contributed by atoms with Crippen molar-refractivity contribution in [1.82, 2.24) is 20.4 Å². The number of aliphatic imine (C=N–C) groups is 1. The maximum absolute atomic E-state index is 12.8. The van der Waals surface area contributed by atoms with Crippen LogP contribution in [0.4, 0.5) is 0 Å². The molecular weight excluding hydrogens is 533 g/mol. The van der Waals surface area contributed by atoms with Crippen molar-refractivity contribution < 1.29 is 13.9 Å². The molecule has 1 aromatic rings. The molecule has 3 fully saturated rings. The van der Waals surface area contributed by atoms with Crippen LogP contribution in [0.1, 0.15) is 56.6 Å². The third-order valence-corrected chi connectivity index (χ3v) is 6.89. The van der Waals surface area contributed by atoms with E-state index in [2.05, 4.69) is 33.4 Å². The first-order valence-corrected chi connectivity index (χ1v) is 12.4. The van der Waals surface area contributed by atoms with Gasteiger partial charge in [-0.1, -0.05) is 12.8 Å².